The summed E-state index contributed by atoms with van der Waals surface area (Å²) in [6, 6.07) is 0. The zero-order valence-corrected chi connectivity index (χ0v) is 8.72. The third kappa shape index (κ3) is 1.27. The highest BCUT2D eigenvalue weighted by atomic mass is 16.6. The van der Waals surface area contributed by atoms with E-state index in [-0.39, 0.29) is 17.0 Å². The lowest BCUT2D eigenvalue weighted by Crippen LogP contribution is -2.44. The van der Waals surface area contributed by atoms with Crippen LogP contribution in [0.25, 0.3) is 0 Å². The van der Waals surface area contributed by atoms with E-state index in [0.717, 1.165) is 6.42 Å². The molecule has 1 saturated carbocycles. The highest BCUT2D eigenvalue weighted by Crippen LogP contribution is 2.52. The molecule has 0 spiro atoms. The first kappa shape index (κ1) is 9.04. The van der Waals surface area contributed by atoms with Crippen LogP contribution in [0.15, 0.2) is 0 Å². The molecule has 1 heterocycles. The highest BCUT2D eigenvalue weighted by Gasteiger charge is 2.54. The van der Waals surface area contributed by atoms with E-state index in [0.29, 0.717) is 12.3 Å². The minimum absolute atomic E-state index is 0.00229. The van der Waals surface area contributed by atoms with Gasteiger partial charge in [0.25, 0.3) is 0 Å². The largest absolute Gasteiger partial charge is 0.459 e. The lowest BCUT2D eigenvalue weighted by Gasteiger charge is -2.44. The average molecular weight is 182 g/mol. The molecule has 0 N–H and O–H groups in total. The van der Waals surface area contributed by atoms with E-state index < -0.39 is 0 Å². The topological polar surface area (TPSA) is 26.3 Å². The molecule has 0 amide bonds. The van der Waals surface area contributed by atoms with Gasteiger partial charge in [-0.15, -0.1) is 0 Å². The number of esters is 1. The van der Waals surface area contributed by atoms with Crippen LogP contribution >= 0.6 is 0 Å². The summed E-state index contributed by atoms with van der Waals surface area (Å²) in [4.78, 5) is 11.3. The van der Waals surface area contributed by atoms with Gasteiger partial charge < -0.3 is 4.74 Å². The Morgan fingerprint density at radius 3 is 2.62 bits per heavy atom. The fraction of sp³-hybridized carbons (Fsp3) is 0.909. The Hall–Kier alpha value is -0.530. The Kier molecular flexibility index (Phi) is 1.73. The molecule has 0 unspecified atom stereocenters. The molecule has 2 fully saturated rings. The predicted octanol–water partition coefficient (Wildman–Crippen LogP) is 2.52. The molecule has 2 nitrogen and oxygen atoms in total. The average Bonchev–Trinajstić information content (AvgIpc) is 2.25. The van der Waals surface area contributed by atoms with E-state index in [2.05, 4.69) is 20.8 Å². The van der Waals surface area contributed by atoms with Crippen LogP contribution in [0.4, 0.5) is 0 Å². The van der Waals surface area contributed by atoms with Crippen molar-refractivity contribution in [3.05, 3.63) is 0 Å². The Morgan fingerprint density at radius 1 is 1.31 bits per heavy atom. The van der Waals surface area contributed by atoms with Crippen LogP contribution < -0.4 is 0 Å². The number of ether oxygens (including phenoxy) is 1. The first-order valence-electron chi connectivity index (χ1n) is 5.16. The molecule has 2 rings (SSSR count). The summed E-state index contributed by atoms with van der Waals surface area (Å²) < 4.78 is 5.45. The summed E-state index contributed by atoms with van der Waals surface area (Å²) >= 11 is 0. The summed E-state index contributed by atoms with van der Waals surface area (Å²) in [5, 5.41) is 0. The Bertz CT molecular complexity index is 244. The predicted molar refractivity (Wildman–Crippen MR) is 50.2 cm³/mol. The van der Waals surface area contributed by atoms with Crippen molar-refractivity contribution in [3.63, 3.8) is 0 Å². The summed E-state index contributed by atoms with van der Waals surface area (Å²) in [6.45, 7) is 6.62. The summed E-state index contributed by atoms with van der Waals surface area (Å²) in [5.41, 5.74) is 0.123. The first-order chi connectivity index (χ1) is 5.94. The molecule has 2 aliphatic rings. The van der Waals surface area contributed by atoms with Gasteiger partial charge in [-0.25, -0.2) is 0 Å². The van der Waals surface area contributed by atoms with Crippen molar-refractivity contribution in [3.8, 4) is 0 Å². The first-order valence-corrected chi connectivity index (χ1v) is 5.16. The van der Waals surface area contributed by atoms with Gasteiger partial charge in [0.1, 0.15) is 5.60 Å². The molecular weight excluding hydrogens is 164 g/mol. The molecule has 1 aliphatic heterocycles. The molecule has 1 aliphatic carbocycles. The normalized spacial score (nSPS) is 42.7. The Labute approximate surface area is 79.7 Å². The molecule has 0 bridgehead atoms. The molecule has 0 aromatic carbocycles. The van der Waals surface area contributed by atoms with Crippen molar-refractivity contribution >= 4 is 5.97 Å². The lowest BCUT2D eigenvalue weighted by molar-refractivity contribution is -0.151. The minimum Gasteiger partial charge on any atom is -0.459 e. The molecule has 0 radical (unpaired) electrons. The minimum atomic E-state index is -0.154. The van der Waals surface area contributed by atoms with Gasteiger partial charge in [-0.3, -0.25) is 4.79 Å². The number of carbonyl (C=O) groups is 1. The maximum absolute atomic E-state index is 11.3. The van der Waals surface area contributed by atoms with Gasteiger partial charge in [-0.2, -0.15) is 0 Å². The zero-order valence-electron chi connectivity index (χ0n) is 8.72. The standard InChI is InChI=1S/C11H18O2/c1-10(2)5-4-6-11(3)8(10)7-9(12)13-11/h8H,4-7H2,1-3H3/t8-,11-/m1/s1. The Morgan fingerprint density at radius 2 is 2.00 bits per heavy atom. The monoisotopic (exact) mass is 182 g/mol. The van der Waals surface area contributed by atoms with Crippen molar-refractivity contribution < 1.29 is 9.53 Å². The fourth-order valence-electron chi connectivity index (χ4n) is 3.15. The Balaban J connectivity index is 2.30. The summed E-state index contributed by atoms with van der Waals surface area (Å²) in [6.07, 6.45) is 4.09. The second-order valence-electron chi connectivity index (χ2n) is 5.39. The quantitative estimate of drug-likeness (QED) is 0.538. The second-order valence-corrected chi connectivity index (χ2v) is 5.39. The molecule has 1 saturated heterocycles. The maximum Gasteiger partial charge on any atom is 0.306 e. The van der Waals surface area contributed by atoms with Crippen molar-refractivity contribution in [1.29, 1.82) is 0 Å². The van der Waals surface area contributed by atoms with E-state index in [9.17, 15) is 4.79 Å². The van der Waals surface area contributed by atoms with Crippen LogP contribution in [0.3, 0.4) is 0 Å². The number of carbonyl (C=O) groups excluding carboxylic acids is 1. The van der Waals surface area contributed by atoms with Crippen molar-refractivity contribution in [2.24, 2.45) is 11.3 Å². The van der Waals surface area contributed by atoms with Crippen LogP contribution in [-0.2, 0) is 9.53 Å². The second kappa shape index (κ2) is 2.49. The van der Waals surface area contributed by atoms with E-state index in [1.54, 1.807) is 0 Å². The molecule has 0 aromatic heterocycles. The van der Waals surface area contributed by atoms with Crippen molar-refractivity contribution in [2.45, 2.75) is 52.1 Å². The van der Waals surface area contributed by atoms with Gasteiger partial charge in [0.15, 0.2) is 0 Å². The van der Waals surface area contributed by atoms with Gasteiger partial charge in [0, 0.05) is 5.92 Å². The number of hydrogen-bond donors (Lipinski definition) is 0. The van der Waals surface area contributed by atoms with Crippen LogP contribution in [0.5, 0.6) is 0 Å². The van der Waals surface area contributed by atoms with Crippen LogP contribution in [-0.4, -0.2) is 11.6 Å². The molecule has 2 heteroatoms. The maximum atomic E-state index is 11.3. The molecule has 13 heavy (non-hydrogen) atoms. The number of rotatable bonds is 0. The van der Waals surface area contributed by atoms with Crippen molar-refractivity contribution in [2.75, 3.05) is 0 Å². The summed E-state index contributed by atoms with van der Waals surface area (Å²) in [5.74, 6) is 0.434. The SMILES string of the molecule is CC1(C)CCC[C@@]2(C)OC(=O)C[C@H]12. The van der Waals surface area contributed by atoms with Crippen LogP contribution in [0.1, 0.15) is 46.5 Å². The van der Waals surface area contributed by atoms with Gasteiger partial charge in [-0.1, -0.05) is 13.8 Å². The van der Waals surface area contributed by atoms with Gasteiger partial charge >= 0.3 is 5.97 Å². The van der Waals surface area contributed by atoms with Gasteiger partial charge in [-0.05, 0) is 31.6 Å². The zero-order chi connectivity index (χ0) is 9.69. The van der Waals surface area contributed by atoms with E-state index in [4.69, 9.17) is 4.74 Å². The lowest BCUT2D eigenvalue weighted by atomic mass is 9.62. The van der Waals surface area contributed by atoms with Gasteiger partial charge in [0.2, 0.25) is 0 Å². The smallest absolute Gasteiger partial charge is 0.306 e. The van der Waals surface area contributed by atoms with Crippen LogP contribution in [0, 0.1) is 11.3 Å². The number of fused-ring (bicyclic) bond motifs is 1. The van der Waals surface area contributed by atoms with E-state index in [1.807, 2.05) is 0 Å². The molecule has 0 aromatic rings. The third-order valence-corrected chi connectivity index (χ3v) is 3.89. The summed E-state index contributed by atoms with van der Waals surface area (Å²) in [7, 11) is 0. The third-order valence-electron chi connectivity index (χ3n) is 3.89. The van der Waals surface area contributed by atoms with Crippen molar-refractivity contribution in [1.82, 2.24) is 0 Å². The van der Waals surface area contributed by atoms with E-state index >= 15 is 0 Å². The van der Waals surface area contributed by atoms with E-state index in [1.165, 1.54) is 12.8 Å². The van der Waals surface area contributed by atoms with Gasteiger partial charge in [0.05, 0.1) is 6.42 Å². The molecule has 2 atom stereocenters. The number of hydrogen-bond acceptors (Lipinski definition) is 2. The molecular formula is C11H18O2. The molecule has 74 valence electrons. The highest BCUT2D eigenvalue weighted by molar-refractivity contribution is 5.73. The van der Waals surface area contributed by atoms with Crippen LogP contribution in [0.2, 0.25) is 0 Å². The fourth-order valence-corrected chi connectivity index (χ4v) is 3.15.